The molecule has 1 heterocycles. The zero-order valence-corrected chi connectivity index (χ0v) is 14.3. The van der Waals surface area contributed by atoms with Crippen LogP contribution in [0.3, 0.4) is 0 Å². The first-order chi connectivity index (χ1) is 11.0. The number of benzene rings is 1. The maximum absolute atomic E-state index is 12.1. The number of piperazine rings is 1. The van der Waals surface area contributed by atoms with E-state index >= 15 is 0 Å². The van der Waals surface area contributed by atoms with E-state index in [-0.39, 0.29) is 11.8 Å². The van der Waals surface area contributed by atoms with E-state index in [2.05, 4.69) is 24.1 Å². The molecule has 1 aromatic rings. The lowest BCUT2D eigenvalue weighted by Gasteiger charge is -2.36. The molecule has 126 valence electrons. The van der Waals surface area contributed by atoms with Crippen molar-refractivity contribution < 1.29 is 9.59 Å². The third kappa shape index (κ3) is 4.98. The molecule has 1 fully saturated rings. The van der Waals surface area contributed by atoms with Gasteiger partial charge in [-0.25, -0.2) is 0 Å². The molecule has 0 atom stereocenters. The van der Waals surface area contributed by atoms with Gasteiger partial charge in [-0.3, -0.25) is 9.59 Å². The van der Waals surface area contributed by atoms with Gasteiger partial charge in [-0.15, -0.1) is 0 Å². The molecule has 0 unspecified atom stereocenters. The Labute approximate surface area is 138 Å². The van der Waals surface area contributed by atoms with Crippen molar-refractivity contribution in [2.75, 3.05) is 36.4 Å². The normalized spacial score (nSPS) is 15.0. The van der Waals surface area contributed by atoms with Gasteiger partial charge in [0.2, 0.25) is 11.8 Å². The van der Waals surface area contributed by atoms with Gasteiger partial charge in [0.15, 0.2) is 0 Å². The van der Waals surface area contributed by atoms with Crippen LogP contribution in [0.4, 0.5) is 11.4 Å². The van der Waals surface area contributed by atoms with Crippen LogP contribution in [0.5, 0.6) is 0 Å². The molecule has 2 rings (SSSR count). The molecule has 0 saturated carbocycles. The predicted molar refractivity (Wildman–Crippen MR) is 93.6 cm³/mol. The molecule has 2 amide bonds. The summed E-state index contributed by atoms with van der Waals surface area (Å²) >= 11 is 0. The fourth-order valence-corrected chi connectivity index (χ4v) is 2.70. The summed E-state index contributed by atoms with van der Waals surface area (Å²) in [6.45, 7) is 9.25. The standard InChI is InChI=1S/C18H27N3O2/c1-4-17(22)19-15-5-7-16(8-6-15)20-9-11-21(12-10-20)18(23)13-14(2)3/h5-8,14H,4,9-13H2,1-3H3,(H,19,22). The van der Waals surface area contributed by atoms with Crippen LogP contribution in [-0.4, -0.2) is 42.9 Å². The number of carbonyl (C=O) groups is 2. The lowest BCUT2D eigenvalue weighted by Crippen LogP contribution is -2.49. The van der Waals surface area contributed by atoms with E-state index in [4.69, 9.17) is 0 Å². The van der Waals surface area contributed by atoms with Crippen LogP contribution in [0.2, 0.25) is 0 Å². The van der Waals surface area contributed by atoms with E-state index in [1.54, 1.807) is 0 Å². The van der Waals surface area contributed by atoms with Crippen LogP contribution in [0.1, 0.15) is 33.6 Å². The summed E-state index contributed by atoms with van der Waals surface area (Å²) in [5.74, 6) is 0.693. The molecule has 0 spiro atoms. The Morgan fingerprint density at radius 1 is 1.09 bits per heavy atom. The number of amides is 2. The molecule has 1 N–H and O–H groups in total. The third-order valence-electron chi connectivity index (χ3n) is 4.05. The highest BCUT2D eigenvalue weighted by Crippen LogP contribution is 2.20. The lowest BCUT2D eigenvalue weighted by molar-refractivity contribution is -0.132. The number of nitrogens with one attached hydrogen (secondary N) is 1. The molecule has 0 aromatic heterocycles. The van der Waals surface area contributed by atoms with Crippen molar-refractivity contribution in [3.05, 3.63) is 24.3 Å². The van der Waals surface area contributed by atoms with Crippen molar-refractivity contribution in [1.29, 1.82) is 0 Å². The van der Waals surface area contributed by atoms with Gasteiger partial charge in [0.25, 0.3) is 0 Å². The predicted octanol–water partition coefficient (Wildman–Crippen LogP) is 2.73. The Bertz CT molecular complexity index is 532. The molecule has 1 aromatic carbocycles. The minimum Gasteiger partial charge on any atom is -0.368 e. The molecular weight excluding hydrogens is 290 g/mol. The van der Waals surface area contributed by atoms with Crippen molar-refractivity contribution >= 4 is 23.2 Å². The number of hydrogen-bond donors (Lipinski definition) is 1. The highest BCUT2D eigenvalue weighted by atomic mass is 16.2. The third-order valence-corrected chi connectivity index (χ3v) is 4.05. The first-order valence-corrected chi connectivity index (χ1v) is 8.42. The van der Waals surface area contributed by atoms with Gasteiger partial charge < -0.3 is 15.1 Å². The minimum absolute atomic E-state index is 0.0232. The second-order valence-electron chi connectivity index (χ2n) is 6.41. The summed E-state index contributed by atoms with van der Waals surface area (Å²) in [5.41, 5.74) is 1.96. The van der Waals surface area contributed by atoms with E-state index in [1.807, 2.05) is 36.1 Å². The van der Waals surface area contributed by atoms with E-state index < -0.39 is 0 Å². The maximum Gasteiger partial charge on any atom is 0.224 e. The summed E-state index contributed by atoms with van der Waals surface area (Å²) in [6, 6.07) is 7.91. The largest absolute Gasteiger partial charge is 0.368 e. The molecule has 0 radical (unpaired) electrons. The summed E-state index contributed by atoms with van der Waals surface area (Å²) in [4.78, 5) is 27.7. The smallest absolute Gasteiger partial charge is 0.224 e. The van der Waals surface area contributed by atoms with Crippen LogP contribution in [-0.2, 0) is 9.59 Å². The summed E-state index contributed by atoms with van der Waals surface area (Å²) in [7, 11) is 0. The number of hydrogen-bond acceptors (Lipinski definition) is 3. The number of carbonyl (C=O) groups excluding carboxylic acids is 2. The van der Waals surface area contributed by atoms with Crippen molar-refractivity contribution in [3.63, 3.8) is 0 Å². The number of rotatable bonds is 5. The molecule has 23 heavy (non-hydrogen) atoms. The van der Waals surface area contributed by atoms with Crippen LogP contribution in [0.25, 0.3) is 0 Å². The summed E-state index contributed by atoms with van der Waals surface area (Å²) in [5, 5.41) is 2.85. The number of anilines is 2. The SMILES string of the molecule is CCC(=O)Nc1ccc(N2CCN(C(=O)CC(C)C)CC2)cc1. The van der Waals surface area contributed by atoms with Crippen LogP contribution >= 0.6 is 0 Å². The van der Waals surface area contributed by atoms with Crippen molar-refractivity contribution in [3.8, 4) is 0 Å². The Morgan fingerprint density at radius 2 is 1.70 bits per heavy atom. The zero-order valence-electron chi connectivity index (χ0n) is 14.3. The molecule has 1 aliphatic rings. The highest BCUT2D eigenvalue weighted by Gasteiger charge is 2.21. The molecule has 0 aliphatic carbocycles. The van der Waals surface area contributed by atoms with Gasteiger partial charge in [-0.2, -0.15) is 0 Å². The summed E-state index contributed by atoms with van der Waals surface area (Å²) < 4.78 is 0. The molecular formula is C18H27N3O2. The fraction of sp³-hybridized carbons (Fsp3) is 0.556. The van der Waals surface area contributed by atoms with Gasteiger partial charge in [-0.05, 0) is 30.2 Å². The van der Waals surface area contributed by atoms with Gasteiger partial charge in [0, 0.05) is 50.4 Å². The van der Waals surface area contributed by atoms with Gasteiger partial charge in [0.1, 0.15) is 0 Å². The average Bonchev–Trinajstić information content (AvgIpc) is 2.55. The van der Waals surface area contributed by atoms with E-state index in [0.29, 0.717) is 18.8 Å². The molecule has 1 saturated heterocycles. The summed E-state index contributed by atoms with van der Waals surface area (Å²) in [6.07, 6.45) is 1.11. The van der Waals surface area contributed by atoms with Gasteiger partial charge in [-0.1, -0.05) is 20.8 Å². The van der Waals surface area contributed by atoms with Crippen LogP contribution < -0.4 is 10.2 Å². The van der Waals surface area contributed by atoms with Crippen molar-refractivity contribution in [2.45, 2.75) is 33.6 Å². The van der Waals surface area contributed by atoms with Crippen LogP contribution in [0, 0.1) is 5.92 Å². The lowest BCUT2D eigenvalue weighted by atomic mass is 10.1. The Morgan fingerprint density at radius 3 is 2.22 bits per heavy atom. The molecule has 5 nitrogen and oxygen atoms in total. The second kappa shape index (κ2) is 7.99. The van der Waals surface area contributed by atoms with Gasteiger partial charge >= 0.3 is 0 Å². The molecule has 5 heteroatoms. The minimum atomic E-state index is 0.0232. The zero-order chi connectivity index (χ0) is 16.8. The Kier molecular flexibility index (Phi) is 6.02. The topological polar surface area (TPSA) is 52.7 Å². The van der Waals surface area contributed by atoms with Crippen molar-refractivity contribution in [1.82, 2.24) is 4.90 Å². The number of nitrogens with zero attached hydrogens (tertiary/aromatic N) is 2. The quantitative estimate of drug-likeness (QED) is 0.908. The maximum atomic E-state index is 12.1. The second-order valence-corrected chi connectivity index (χ2v) is 6.41. The van der Waals surface area contributed by atoms with Crippen LogP contribution in [0.15, 0.2) is 24.3 Å². The Balaban J connectivity index is 1.87. The monoisotopic (exact) mass is 317 g/mol. The van der Waals surface area contributed by atoms with Crippen molar-refractivity contribution in [2.24, 2.45) is 5.92 Å². The fourth-order valence-electron chi connectivity index (χ4n) is 2.70. The van der Waals surface area contributed by atoms with E-state index in [0.717, 1.165) is 37.6 Å². The molecule has 1 aliphatic heterocycles. The van der Waals surface area contributed by atoms with E-state index in [9.17, 15) is 9.59 Å². The first-order valence-electron chi connectivity index (χ1n) is 8.42. The Hall–Kier alpha value is -2.04. The highest BCUT2D eigenvalue weighted by molar-refractivity contribution is 5.90. The average molecular weight is 317 g/mol. The molecule has 0 bridgehead atoms. The van der Waals surface area contributed by atoms with Gasteiger partial charge in [0.05, 0.1) is 0 Å². The first kappa shape index (κ1) is 17.3. The van der Waals surface area contributed by atoms with E-state index in [1.165, 1.54) is 0 Å².